The van der Waals surface area contributed by atoms with Crippen LogP contribution in [0.1, 0.15) is 36.7 Å². The Kier molecular flexibility index (Phi) is 3.44. The highest BCUT2D eigenvalue weighted by atomic mass is 16.5. The Morgan fingerprint density at radius 1 is 1.69 bits per heavy atom. The van der Waals surface area contributed by atoms with Crippen molar-refractivity contribution in [1.29, 1.82) is 0 Å². The summed E-state index contributed by atoms with van der Waals surface area (Å²) < 4.78 is 7.15. The second-order valence-corrected chi connectivity index (χ2v) is 3.90. The van der Waals surface area contributed by atoms with E-state index in [9.17, 15) is 4.79 Å². The number of nitrogens with zero attached hydrogens (tertiary/aromatic N) is 2. The van der Waals surface area contributed by atoms with Gasteiger partial charge in [0, 0.05) is 25.6 Å². The first-order valence-electron chi connectivity index (χ1n) is 5.80. The zero-order chi connectivity index (χ0) is 11.4. The molecule has 5 heteroatoms. The number of unbranched alkanes of at least 4 members (excludes halogenated alkanes) is 1. The number of carbonyl (C=O) groups excluding carboxylic acids is 1. The van der Waals surface area contributed by atoms with Crippen LogP contribution in [-0.4, -0.2) is 28.8 Å². The van der Waals surface area contributed by atoms with Crippen LogP contribution in [0.3, 0.4) is 0 Å². The van der Waals surface area contributed by atoms with E-state index in [1.807, 2.05) is 0 Å². The average Bonchev–Trinajstić information content (AvgIpc) is 2.73. The molecule has 1 amide bonds. The van der Waals surface area contributed by atoms with Crippen molar-refractivity contribution >= 4 is 5.91 Å². The number of fused-ring (bicyclic) bond motifs is 1. The average molecular weight is 223 g/mol. The largest absolute Gasteiger partial charge is 0.478 e. The summed E-state index contributed by atoms with van der Waals surface area (Å²) in [4.78, 5) is 11.7. The number of ether oxygens (including phenoxy) is 1. The van der Waals surface area contributed by atoms with Crippen LogP contribution in [0.2, 0.25) is 0 Å². The zero-order valence-electron chi connectivity index (χ0n) is 9.53. The van der Waals surface area contributed by atoms with Crippen molar-refractivity contribution in [2.45, 2.75) is 32.7 Å². The number of amides is 1. The van der Waals surface area contributed by atoms with Crippen LogP contribution in [0.4, 0.5) is 0 Å². The minimum Gasteiger partial charge on any atom is -0.478 e. The van der Waals surface area contributed by atoms with Crippen molar-refractivity contribution in [1.82, 2.24) is 15.1 Å². The van der Waals surface area contributed by atoms with Crippen molar-refractivity contribution in [3.8, 4) is 5.88 Å². The van der Waals surface area contributed by atoms with Crippen LogP contribution in [0.15, 0.2) is 6.07 Å². The van der Waals surface area contributed by atoms with Crippen molar-refractivity contribution in [2.24, 2.45) is 0 Å². The fraction of sp³-hybridized carbons (Fsp3) is 0.636. The molecule has 0 fully saturated rings. The quantitative estimate of drug-likeness (QED) is 0.780. The van der Waals surface area contributed by atoms with E-state index in [1.165, 1.54) is 0 Å². The van der Waals surface area contributed by atoms with Gasteiger partial charge >= 0.3 is 0 Å². The van der Waals surface area contributed by atoms with Gasteiger partial charge in [-0.1, -0.05) is 13.3 Å². The first kappa shape index (κ1) is 11.0. The Bertz CT molecular complexity index is 350. The highest BCUT2D eigenvalue weighted by Gasteiger charge is 2.17. The number of aromatic nitrogens is 2. The third kappa shape index (κ3) is 2.35. The molecule has 1 aliphatic rings. The number of aryl methyl sites for hydroxylation is 1. The summed E-state index contributed by atoms with van der Waals surface area (Å²) >= 11 is 0. The predicted molar refractivity (Wildman–Crippen MR) is 59.6 cm³/mol. The summed E-state index contributed by atoms with van der Waals surface area (Å²) in [6.45, 7) is 4.34. The molecule has 0 aliphatic carbocycles. The third-order valence-electron chi connectivity index (χ3n) is 2.56. The molecule has 0 bridgehead atoms. The first-order valence-corrected chi connectivity index (χ1v) is 5.80. The van der Waals surface area contributed by atoms with E-state index in [-0.39, 0.29) is 5.91 Å². The summed E-state index contributed by atoms with van der Waals surface area (Å²) in [6.07, 6.45) is 3.02. The van der Waals surface area contributed by atoms with Gasteiger partial charge in [0.15, 0.2) is 5.69 Å². The number of hydrogen-bond acceptors (Lipinski definition) is 3. The summed E-state index contributed by atoms with van der Waals surface area (Å²) in [5.41, 5.74) is 0.452. The van der Waals surface area contributed by atoms with E-state index in [1.54, 1.807) is 10.7 Å². The van der Waals surface area contributed by atoms with E-state index in [0.717, 1.165) is 25.8 Å². The van der Waals surface area contributed by atoms with Crippen molar-refractivity contribution in [3.63, 3.8) is 0 Å². The second-order valence-electron chi connectivity index (χ2n) is 3.90. The molecule has 0 saturated heterocycles. The number of nitrogens with one attached hydrogen (secondary N) is 1. The van der Waals surface area contributed by atoms with Gasteiger partial charge in [-0.05, 0) is 6.42 Å². The highest BCUT2D eigenvalue weighted by Crippen LogP contribution is 2.18. The molecule has 0 saturated carbocycles. The number of rotatable bonds is 4. The second kappa shape index (κ2) is 5.01. The van der Waals surface area contributed by atoms with Crippen molar-refractivity contribution in [2.75, 3.05) is 13.2 Å². The Morgan fingerprint density at radius 2 is 2.56 bits per heavy atom. The summed E-state index contributed by atoms with van der Waals surface area (Å²) in [5, 5.41) is 7.05. The van der Waals surface area contributed by atoms with Crippen LogP contribution in [0.5, 0.6) is 5.88 Å². The van der Waals surface area contributed by atoms with Gasteiger partial charge in [-0.2, -0.15) is 5.10 Å². The molecule has 1 N–H and O–H groups in total. The van der Waals surface area contributed by atoms with E-state index >= 15 is 0 Å². The van der Waals surface area contributed by atoms with Gasteiger partial charge < -0.3 is 10.1 Å². The molecular formula is C11H17N3O2. The van der Waals surface area contributed by atoms with Gasteiger partial charge in [-0.15, -0.1) is 0 Å². The van der Waals surface area contributed by atoms with Gasteiger partial charge in [0.25, 0.3) is 5.91 Å². The van der Waals surface area contributed by atoms with Crippen molar-refractivity contribution < 1.29 is 9.53 Å². The smallest absolute Gasteiger partial charge is 0.271 e. The SMILES string of the molecule is CCCCNC(=O)c1cc2n(n1)CCCO2. The molecule has 1 aromatic heterocycles. The maximum absolute atomic E-state index is 11.7. The molecular weight excluding hydrogens is 206 g/mol. The lowest BCUT2D eigenvalue weighted by Gasteiger charge is -2.13. The Hall–Kier alpha value is -1.52. The summed E-state index contributed by atoms with van der Waals surface area (Å²) in [7, 11) is 0. The minimum absolute atomic E-state index is 0.112. The van der Waals surface area contributed by atoms with Crippen LogP contribution in [0.25, 0.3) is 0 Å². The maximum atomic E-state index is 11.7. The molecule has 16 heavy (non-hydrogen) atoms. The standard InChI is InChI=1S/C11H17N3O2/c1-2-3-5-12-11(15)9-8-10-14(13-9)6-4-7-16-10/h8H,2-7H2,1H3,(H,12,15). The predicted octanol–water partition coefficient (Wildman–Crippen LogP) is 1.20. The van der Waals surface area contributed by atoms with E-state index in [4.69, 9.17) is 4.74 Å². The normalized spacial score (nSPS) is 14.1. The first-order chi connectivity index (χ1) is 7.81. The third-order valence-corrected chi connectivity index (χ3v) is 2.56. The number of carbonyl (C=O) groups is 1. The van der Waals surface area contributed by atoms with Gasteiger partial charge in [0.2, 0.25) is 5.88 Å². The monoisotopic (exact) mass is 223 g/mol. The molecule has 2 heterocycles. The zero-order valence-corrected chi connectivity index (χ0v) is 9.53. The highest BCUT2D eigenvalue weighted by molar-refractivity contribution is 5.92. The van der Waals surface area contributed by atoms with E-state index < -0.39 is 0 Å². The molecule has 1 aliphatic heterocycles. The molecule has 0 aromatic carbocycles. The summed E-state index contributed by atoms with van der Waals surface area (Å²) in [5.74, 6) is 0.589. The lowest BCUT2D eigenvalue weighted by atomic mass is 10.3. The van der Waals surface area contributed by atoms with Crippen LogP contribution < -0.4 is 10.1 Å². The molecule has 0 unspecified atom stereocenters. The van der Waals surface area contributed by atoms with Gasteiger partial charge in [-0.3, -0.25) is 4.79 Å². The van der Waals surface area contributed by atoms with Crippen LogP contribution >= 0.6 is 0 Å². The topological polar surface area (TPSA) is 56.2 Å². The molecule has 1 aromatic rings. The Balaban J connectivity index is 1.98. The lowest BCUT2D eigenvalue weighted by Crippen LogP contribution is -2.25. The molecule has 0 radical (unpaired) electrons. The van der Waals surface area contributed by atoms with Gasteiger partial charge in [0.05, 0.1) is 6.61 Å². The summed E-state index contributed by atoms with van der Waals surface area (Å²) in [6, 6.07) is 1.71. The molecule has 0 spiro atoms. The Labute approximate surface area is 94.8 Å². The van der Waals surface area contributed by atoms with Gasteiger partial charge in [-0.25, -0.2) is 4.68 Å². The fourth-order valence-corrected chi connectivity index (χ4v) is 1.65. The van der Waals surface area contributed by atoms with E-state index in [2.05, 4.69) is 17.3 Å². The molecule has 5 nitrogen and oxygen atoms in total. The minimum atomic E-state index is -0.112. The van der Waals surface area contributed by atoms with Crippen LogP contribution in [0, 0.1) is 0 Å². The van der Waals surface area contributed by atoms with Gasteiger partial charge in [0.1, 0.15) is 0 Å². The number of hydrogen-bond donors (Lipinski definition) is 1. The Morgan fingerprint density at radius 3 is 3.31 bits per heavy atom. The molecule has 0 atom stereocenters. The van der Waals surface area contributed by atoms with Crippen molar-refractivity contribution in [3.05, 3.63) is 11.8 Å². The fourth-order valence-electron chi connectivity index (χ4n) is 1.65. The van der Waals surface area contributed by atoms with E-state index in [0.29, 0.717) is 24.7 Å². The van der Waals surface area contributed by atoms with Crippen LogP contribution in [-0.2, 0) is 6.54 Å². The lowest BCUT2D eigenvalue weighted by molar-refractivity contribution is 0.0947. The molecule has 88 valence electrons. The molecule has 2 rings (SSSR count). The maximum Gasteiger partial charge on any atom is 0.271 e.